The first-order chi connectivity index (χ1) is 7.61. The van der Waals surface area contributed by atoms with Gasteiger partial charge in [-0.15, -0.1) is 0 Å². The molecule has 1 saturated carbocycles. The van der Waals surface area contributed by atoms with Crippen LogP contribution in [0.15, 0.2) is 18.2 Å². The minimum Gasteiger partial charge on any atom is -0.478 e. The number of nitrogens with zero attached hydrogens (tertiary/aromatic N) is 1. The SMILES string of the molecule is CN(c1cccc(F)c1C(=O)O)C1CCC1. The predicted molar refractivity (Wildman–Crippen MR) is 59.4 cm³/mol. The molecular formula is C12H14FNO2. The molecule has 0 atom stereocenters. The van der Waals surface area contributed by atoms with Crippen molar-refractivity contribution < 1.29 is 14.3 Å². The molecule has 0 aliphatic heterocycles. The summed E-state index contributed by atoms with van der Waals surface area (Å²) in [6.07, 6.45) is 3.25. The molecule has 1 aliphatic rings. The van der Waals surface area contributed by atoms with Gasteiger partial charge < -0.3 is 10.0 Å². The van der Waals surface area contributed by atoms with Crippen LogP contribution in [0.3, 0.4) is 0 Å². The Morgan fingerprint density at radius 3 is 2.69 bits per heavy atom. The van der Waals surface area contributed by atoms with Crippen molar-refractivity contribution in [3.8, 4) is 0 Å². The Labute approximate surface area is 93.5 Å². The molecule has 1 aromatic rings. The molecule has 1 fully saturated rings. The number of rotatable bonds is 3. The van der Waals surface area contributed by atoms with Crippen LogP contribution in [-0.4, -0.2) is 24.2 Å². The lowest BCUT2D eigenvalue weighted by atomic mass is 9.91. The summed E-state index contributed by atoms with van der Waals surface area (Å²) in [4.78, 5) is 12.9. The molecule has 0 saturated heterocycles. The van der Waals surface area contributed by atoms with Crippen LogP contribution in [0.5, 0.6) is 0 Å². The summed E-state index contributed by atoms with van der Waals surface area (Å²) in [5.74, 6) is -1.88. The lowest BCUT2D eigenvalue weighted by Crippen LogP contribution is -2.38. The van der Waals surface area contributed by atoms with Crippen molar-refractivity contribution in [2.75, 3.05) is 11.9 Å². The second-order valence-corrected chi connectivity index (χ2v) is 4.13. The van der Waals surface area contributed by atoms with Crippen LogP contribution in [0.4, 0.5) is 10.1 Å². The number of benzene rings is 1. The van der Waals surface area contributed by atoms with E-state index in [2.05, 4.69) is 0 Å². The number of halogens is 1. The Kier molecular flexibility index (Phi) is 2.81. The van der Waals surface area contributed by atoms with Crippen LogP contribution in [0.25, 0.3) is 0 Å². The van der Waals surface area contributed by atoms with Gasteiger partial charge in [0.05, 0.1) is 5.69 Å². The Bertz CT molecular complexity index is 415. The number of hydrogen-bond acceptors (Lipinski definition) is 2. The molecule has 1 aromatic carbocycles. The highest BCUT2D eigenvalue weighted by Crippen LogP contribution is 2.31. The average molecular weight is 223 g/mol. The van der Waals surface area contributed by atoms with E-state index in [1.807, 2.05) is 11.9 Å². The van der Waals surface area contributed by atoms with Crippen molar-refractivity contribution in [2.45, 2.75) is 25.3 Å². The van der Waals surface area contributed by atoms with Gasteiger partial charge in [-0.3, -0.25) is 0 Å². The molecule has 1 N–H and O–H groups in total. The minimum absolute atomic E-state index is 0.225. The summed E-state index contributed by atoms with van der Waals surface area (Å²) in [5, 5.41) is 9.00. The second-order valence-electron chi connectivity index (χ2n) is 4.13. The summed E-state index contributed by atoms with van der Waals surface area (Å²) < 4.78 is 13.4. The normalized spacial score (nSPS) is 15.6. The van der Waals surface area contributed by atoms with E-state index < -0.39 is 11.8 Å². The summed E-state index contributed by atoms with van der Waals surface area (Å²) in [5.41, 5.74) is 0.245. The highest BCUT2D eigenvalue weighted by molar-refractivity contribution is 5.94. The van der Waals surface area contributed by atoms with E-state index in [9.17, 15) is 9.18 Å². The van der Waals surface area contributed by atoms with Gasteiger partial charge in [0.2, 0.25) is 0 Å². The maximum Gasteiger partial charge on any atom is 0.340 e. The average Bonchev–Trinajstić information content (AvgIpc) is 2.13. The van der Waals surface area contributed by atoms with Crippen molar-refractivity contribution in [1.82, 2.24) is 0 Å². The van der Waals surface area contributed by atoms with Gasteiger partial charge in [-0.25, -0.2) is 9.18 Å². The quantitative estimate of drug-likeness (QED) is 0.855. The lowest BCUT2D eigenvalue weighted by Gasteiger charge is -2.37. The van der Waals surface area contributed by atoms with Crippen LogP contribution in [-0.2, 0) is 0 Å². The molecule has 0 bridgehead atoms. The zero-order valence-electron chi connectivity index (χ0n) is 9.11. The number of carboxylic acids is 1. The smallest absolute Gasteiger partial charge is 0.340 e. The molecule has 0 heterocycles. The van der Waals surface area contributed by atoms with Gasteiger partial charge in [0.15, 0.2) is 0 Å². The molecule has 16 heavy (non-hydrogen) atoms. The fraction of sp³-hybridized carbons (Fsp3) is 0.417. The van der Waals surface area contributed by atoms with Crippen LogP contribution in [0.1, 0.15) is 29.6 Å². The summed E-state index contributed by atoms with van der Waals surface area (Å²) in [7, 11) is 1.82. The molecule has 86 valence electrons. The van der Waals surface area contributed by atoms with E-state index in [-0.39, 0.29) is 5.56 Å². The van der Waals surface area contributed by atoms with E-state index in [1.165, 1.54) is 6.07 Å². The van der Waals surface area contributed by atoms with Gasteiger partial charge in [0, 0.05) is 13.1 Å². The van der Waals surface area contributed by atoms with Gasteiger partial charge in [0.1, 0.15) is 11.4 Å². The third-order valence-electron chi connectivity index (χ3n) is 3.21. The molecular weight excluding hydrogens is 209 g/mol. The summed E-state index contributed by atoms with van der Waals surface area (Å²) in [6, 6.07) is 4.73. The summed E-state index contributed by atoms with van der Waals surface area (Å²) in [6.45, 7) is 0. The first-order valence-corrected chi connectivity index (χ1v) is 5.36. The van der Waals surface area contributed by atoms with Gasteiger partial charge in [-0.2, -0.15) is 0 Å². The van der Waals surface area contributed by atoms with E-state index in [0.29, 0.717) is 11.7 Å². The number of carbonyl (C=O) groups is 1. The Hall–Kier alpha value is -1.58. The maximum atomic E-state index is 13.4. The highest BCUT2D eigenvalue weighted by Gasteiger charge is 2.26. The summed E-state index contributed by atoms with van der Waals surface area (Å²) >= 11 is 0. The lowest BCUT2D eigenvalue weighted by molar-refractivity contribution is 0.0692. The zero-order valence-corrected chi connectivity index (χ0v) is 9.11. The second kappa shape index (κ2) is 4.12. The fourth-order valence-corrected chi connectivity index (χ4v) is 1.99. The highest BCUT2D eigenvalue weighted by atomic mass is 19.1. The van der Waals surface area contributed by atoms with E-state index in [0.717, 1.165) is 19.3 Å². The van der Waals surface area contributed by atoms with E-state index in [1.54, 1.807) is 12.1 Å². The van der Waals surface area contributed by atoms with Crippen molar-refractivity contribution in [3.05, 3.63) is 29.6 Å². The largest absolute Gasteiger partial charge is 0.478 e. The molecule has 3 nitrogen and oxygen atoms in total. The Morgan fingerprint density at radius 2 is 2.19 bits per heavy atom. The molecule has 0 spiro atoms. The van der Waals surface area contributed by atoms with E-state index in [4.69, 9.17) is 5.11 Å². The standard InChI is InChI=1S/C12H14FNO2/c1-14(8-4-2-5-8)10-7-3-6-9(13)11(10)12(15)16/h3,6-8H,2,4-5H2,1H3,(H,15,16). The van der Waals surface area contributed by atoms with Crippen molar-refractivity contribution in [1.29, 1.82) is 0 Å². The van der Waals surface area contributed by atoms with Gasteiger partial charge >= 0.3 is 5.97 Å². The van der Waals surface area contributed by atoms with Crippen molar-refractivity contribution in [3.63, 3.8) is 0 Å². The third kappa shape index (κ3) is 1.75. The van der Waals surface area contributed by atoms with Gasteiger partial charge in [-0.05, 0) is 31.4 Å². The number of carboxylic acid groups (broad SMARTS) is 1. The topological polar surface area (TPSA) is 40.5 Å². The van der Waals surface area contributed by atoms with Gasteiger partial charge in [-0.1, -0.05) is 6.07 Å². The van der Waals surface area contributed by atoms with Crippen LogP contribution >= 0.6 is 0 Å². The third-order valence-corrected chi connectivity index (χ3v) is 3.21. The Morgan fingerprint density at radius 1 is 1.50 bits per heavy atom. The van der Waals surface area contributed by atoms with Gasteiger partial charge in [0.25, 0.3) is 0 Å². The maximum absolute atomic E-state index is 13.4. The molecule has 0 aromatic heterocycles. The number of anilines is 1. The molecule has 4 heteroatoms. The Balaban J connectivity index is 2.38. The molecule has 1 aliphatic carbocycles. The molecule has 2 rings (SSSR count). The van der Waals surface area contributed by atoms with Crippen molar-refractivity contribution in [2.24, 2.45) is 0 Å². The molecule has 0 unspecified atom stereocenters. The molecule has 0 radical (unpaired) electrons. The minimum atomic E-state index is -1.21. The predicted octanol–water partition coefficient (Wildman–Crippen LogP) is 2.51. The van der Waals surface area contributed by atoms with Crippen molar-refractivity contribution >= 4 is 11.7 Å². The van der Waals surface area contributed by atoms with Crippen LogP contribution in [0.2, 0.25) is 0 Å². The van der Waals surface area contributed by atoms with Crippen LogP contribution < -0.4 is 4.90 Å². The zero-order chi connectivity index (χ0) is 11.7. The van der Waals surface area contributed by atoms with Crippen LogP contribution in [0, 0.1) is 5.82 Å². The first kappa shape index (κ1) is 10.9. The number of aromatic carboxylic acids is 1. The first-order valence-electron chi connectivity index (χ1n) is 5.36. The van der Waals surface area contributed by atoms with E-state index >= 15 is 0 Å². The number of hydrogen-bond donors (Lipinski definition) is 1. The molecule has 0 amide bonds. The monoisotopic (exact) mass is 223 g/mol. The fourth-order valence-electron chi connectivity index (χ4n) is 1.99.